The first kappa shape index (κ1) is 10.3. The summed E-state index contributed by atoms with van der Waals surface area (Å²) in [5.41, 5.74) is 2.19. The Balaban J connectivity index is 2.62. The summed E-state index contributed by atoms with van der Waals surface area (Å²) in [6.45, 7) is 1.58. The topological polar surface area (TPSA) is 32.3 Å². The van der Waals surface area contributed by atoms with Crippen molar-refractivity contribution in [3.05, 3.63) is 0 Å². The van der Waals surface area contributed by atoms with Crippen LogP contribution in [-0.2, 0) is 4.79 Å². The van der Waals surface area contributed by atoms with Crippen LogP contribution < -0.4 is 5.43 Å². The molecule has 1 rings (SSSR count). The van der Waals surface area contributed by atoms with Crippen LogP contribution in [0.2, 0.25) is 0 Å². The number of carbonyl (C=O) groups excluding carboxylic acids is 1. The highest BCUT2D eigenvalue weighted by molar-refractivity contribution is 5.77. The molecule has 1 aliphatic heterocycles. The third-order valence-corrected chi connectivity index (χ3v) is 1.99. The van der Waals surface area contributed by atoms with E-state index in [0.717, 1.165) is 5.01 Å². The average molecular weight is 196 g/mol. The number of halogens is 3. The number of nitrogens with zero attached hydrogens (tertiary/aromatic N) is 1. The summed E-state index contributed by atoms with van der Waals surface area (Å²) in [6.07, 6.45) is -4.18. The summed E-state index contributed by atoms with van der Waals surface area (Å²) < 4.78 is 36.9. The van der Waals surface area contributed by atoms with E-state index in [-0.39, 0.29) is 25.3 Å². The van der Waals surface area contributed by atoms with Crippen molar-refractivity contribution >= 4 is 5.91 Å². The van der Waals surface area contributed by atoms with Gasteiger partial charge < -0.3 is 0 Å². The number of hydrogen-bond donors (Lipinski definition) is 1. The maximum absolute atomic E-state index is 12.3. The minimum atomic E-state index is -4.27. The highest BCUT2D eigenvalue weighted by Crippen LogP contribution is 2.27. The summed E-state index contributed by atoms with van der Waals surface area (Å²) in [6, 6.07) is -1.56. The molecule has 1 atom stereocenters. The monoisotopic (exact) mass is 196 g/mol. The first-order valence-corrected chi connectivity index (χ1v) is 4.08. The quantitative estimate of drug-likeness (QED) is 0.716. The second-order valence-electron chi connectivity index (χ2n) is 2.94. The smallest absolute Gasteiger partial charge is 0.288 e. The van der Waals surface area contributed by atoms with Crippen LogP contribution in [0.4, 0.5) is 13.2 Å². The molecule has 0 saturated carbocycles. The van der Waals surface area contributed by atoms with Gasteiger partial charge in [-0.05, 0) is 6.42 Å². The molecule has 13 heavy (non-hydrogen) atoms. The van der Waals surface area contributed by atoms with Gasteiger partial charge in [0.05, 0.1) is 0 Å². The molecule has 3 nitrogen and oxygen atoms in total. The van der Waals surface area contributed by atoms with E-state index in [9.17, 15) is 18.0 Å². The second kappa shape index (κ2) is 3.53. The van der Waals surface area contributed by atoms with Crippen molar-refractivity contribution in [3.63, 3.8) is 0 Å². The van der Waals surface area contributed by atoms with E-state index in [1.807, 2.05) is 0 Å². The first-order valence-electron chi connectivity index (χ1n) is 4.08. The molecule has 0 radical (unpaired) electrons. The average Bonchev–Trinajstić information content (AvgIpc) is 2.34. The molecule has 1 unspecified atom stereocenters. The van der Waals surface area contributed by atoms with E-state index in [0.29, 0.717) is 0 Å². The molecule has 0 spiro atoms. The second-order valence-corrected chi connectivity index (χ2v) is 2.94. The molecule has 0 aliphatic carbocycles. The maximum Gasteiger partial charge on any atom is 0.405 e. The first-order chi connectivity index (χ1) is 5.95. The van der Waals surface area contributed by atoms with E-state index >= 15 is 0 Å². The number of rotatable bonds is 2. The van der Waals surface area contributed by atoms with Crippen molar-refractivity contribution in [2.45, 2.75) is 32.0 Å². The molecule has 0 aromatic heterocycles. The number of carbonyl (C=O) groups is 1. The largest absolute Gasteiger partial charge is 0.405 e. The third-order valence-electron chi connectivity index (χ3n) is 1.99. The van der Waals surface area contributed by atoms with E-state index in [2.05, 4.69) is 5.43 Å². The van der Waals surface area contributed by atoms with Crippen molar-refractivity contribution in [2.75, 3.05) is 6.54 Å². The number of hydrazine groups is 1. The van der Waals surface area contributed by atoms with Gasteiger partial charge in [0.15, 0.2) is 0 Å². The van der Waals surface area contributed by atoms with Crippen LogP contribution in [0.1, 0.15) is 19.8 Å². The molecule has 1 saturated heterocycles. The van der Waals surface area contributed by atoms with Gasteiger partial charge in [0.1, 0.15) is 6.04 Å². The molecular formula is C7H11F3N2O. The maximum atomic E-state index is 12.3. The highest BCUT2D eigenvalue weighted by Gasteiger charge is 2.44. The zero-order chi connectivity index (χ0) is 10.1. The Morgan fingerprint density at radius 3 is 2.54 bits per heavy atom. The minimum absolute atomic E-state index is 0.0518. The number of hydrogen-bond acceptors (Lipinski definition) is 2. The Morgan fingerprint density at radius 1 is 1.62 bits per heavy atom. The SMILES string of the molecule is CCC(N1CCC(=O)N1)C(F)(F)F. The van der Waals surface area contributed by atoms with Gasteiger partial charge in [-0.25, -0.2) is 5.01 Å². The van der Waals surface area contributed by atoms with Gasteiger partial charge in [0.2, 0.25) is 5.91 Å². The van der Waals surface area contributed by atoms with Gasteiger partial charge in [-0.1, -0.05) is 6.92 Å². The summed E-state index contributed by atoms with van der Waals surface area (Å²) in [5.74, 6) is -0.345. The van der Waals surface area contributed by atoms with E-state index in [4.69, 9.17) is 0 Å². The zero-order valence-corrected chi connectivity index (χ0v) is 7.19. The predicted octanol–water partition coefficient (Wildman–Crippen LogP) is 1.06. The van der Waals surface area contributed by atoms with Crippen LogP contribution in [0.15, 0.2) is 0 Å². The van der Waals surface area contributed by atoms with Gasteiger partial charge >= 0.3 is 6.18 Å². The van der Waals surface area contributed by atoms with E-state index < -0.39 is 12.2 Å². The highest BCUT2D eigenvalue weighted by atomic mass is 19.4. The molecule has 0 aromatic rings. The Morgan fingerprint density at radius 2 is 2.23 bits per heavy atom. The summed E-state index contributed by atoms with van der Waals surface area (Å²) in [4.78, 5) is 10.7. The van der Waals surface area contributed by atoms with Crippen molar-refractivity contribution < 1.29 is 18.0 Å². The molecule has 1 amide bonds. The minimum Gasteiger partial charge on any atom is -0.288 e. The molecule has 0 aromatic carbocycles. The normalized spacial score (nSPS) is 21.7. The van der Waals surface area contributed by atoms with Gasteiger partial charge in [-0.15, -0.1) is 0 Å². The standard InChI is InChI=1S/C7H11F3N2O/c1-2-5(7(8,9)10)12-4-3-6(13)11-12/h5H,2-4H2,1H3,(H,11,13). The Bertz CT molecular complexity index is 204. The zero-order valence-electron chi connectivity index (χ0n) is 7.19. The van der Waals surface area contributed by atoms with Gasteiger partial charge in [-0.2, -0.15) is 13.2 Å². The van der Waals surface area contributed by atoms with E-state index in [1.54, 1.807) is 0 Å². The lowest BCUT2D eigenvalue weighted by Crippen LogP contribution is -2.49. The fourth-order valence-electron chi connectivity index (χ4n) is 1.36. The molecule has 0 bridgehead atoms. The Hall–Kier alpha value is -0.780. The summed E-state index contributed by atoms with van der Waals surface area (Å²) >= 11 is 0. The van der Waals surface area contributed by atoms with Gasteiger partial charge in [0, 0.05) is 13.0 Å². The fourth-order valence-corrected chi connectivity index (χ4v) is 1.36. The van der Waals surface area contributed by atoms with Crippen LogP contribution in [0.25, 0.3) is 0 Å². The van der Waals surface area contributed by atoms with Crippen LogP contribution in [0, 0.1) is 0 Å². The van der Waals surface area contributed by atoms with Crippen LogP contribution in [0.3, 0.4) is 0 Å². The van der Waals surface area contributed by atoms with Crippen molar-refractivity contribution in [3.8, 4) is 0 Å². The fraction of sp³-hybridized carbons (Fsp3) is 0.857. The lowest BCUT2D eigenvalue weighted by atomic mass is 10.2. The number of alkyl halides is 3. The lowest BCUT2D eigenvalue weighted by Gasteiger charge is -2.27. The van der Waals surface area contributed by atoms with Gasteiger partial charge in [-0.3, -0.25) is 10.2 Å². The lowest BCUT2D eigenvalue weighted by molar-refractivity contribution is -0.188. The molecular weight excluding hydrogens is 185 g/mol. The van der Waals surface area contributed by atoms with Crippen LogP contribution in [0.5, 0.6) is 0 Å². The predicted molar refractivity (Wildman–Crippen MR) is 39.6 cm³/mol. The van der Waals surface area contributed by atoms with Crippen molar-refractivity contribution in [2.24, 2.45) is 0 Å². The van der Waals surface area contributed by atoms with Gasteiger partial charge in [0.25, 0.3) is 0 Å². The van der Waals surface area contributed by atoms with E-state index in [1.165, 1.54) is 6.92 Å². The third kappa shape index (κ3) is 2.33. The van der Waals surface area contributed by atoms with Crippen molar-refractivity contribution in [1.82, 2.24) is 10.4 Å². The summed E-state index contributed by atoms with van der Waals surface area (Å²) in [7, 11) is 0. The van der Waals surface area contributed by atoms with Crippen LogP contribution >= 0.6 is 0 Å². The summed E-state index contributed by atoms with van der Waals surface area (Å²) in [5, 5.41) is 0.961. The number of amides is 1. The Labute approximate surface area is 73.9 Å². The molecule has 6 heteroatoms. The van der Waals surface area contributed by atoms with Crippen molar-refractivity contribution in [1.29, 1.82) is 0 Å². The molecule has 1 heterocycles. The number of nitrogens with one attached hydrogen (secondary N) is 1. The molecule has 1 fully saturated rings. The Kier molecular flexibility index (Phi) is 2.80. The molecule has 1 N–H and O–H groups in total. The van der Waals surface area contributed by atoms with Crippen LogP contribution in [-0.4, -0.2) is 29.7 Å². The molecule has 76 valence electrons. The molecule has 1 aliphatic rings.